The van der Waals surface area contributed by atoms with Gasteiger partial charge in [-0.3, -0.25) is 14.4 Å². The Morgan fingerprint density at radius 1 is 0.921 bits per heavy atom. The molecule has 1 atom stereocenters. The second-order valence-electron chi connectivity index (χ2n) is 8.69. The second kappa shape index (κ2) is 21.1. The summed E-state index contributed by atoms with van der Waals surface area (Å²) < 4.78 is 5.50. The van der Waals surface area contributed by atoms with E-state index in [9.17, 15) is 14.4 Å². The van der Waals surface area contributed by atoms with Gasteiger partial charge in [-0.1, -0.05) is 62.4 Å². The average molecular weight is 529 g/mol. The van der Waals surface area contributed by atoms with Crippen LogP contribution in [0.2, 0.25) is 0 Å². The molecule has 1 heterocycles. The number of Topliss-reactive ketones (excluding diaryl/α,β-unsaturated/α-hetero) is 2. The van der Waals surface area contributed by atoms with Crippen molar-refractivity contribution in [1.82, 2.24) is 10.2 Å². The van der Waals surface area contributed by atoms with Crippen molar-refractivity contribution in [3.8, 4) is 11.1 Å². The fraction of sp³-hybridized carbons (Fsp3) is 0.516. The number of aryl methyl sites for hydroxylation is 1. The van der Waals surface area contributed by atoms with E-state index in [4.69, 9.17) is 9.84 Å². The molecule has 7 nitrogen and oxygen atoms in total. The Labute approximate surface area is 229 Å². The number of hydrogen-bond acceptors (Lipinski definition) is 6. The highest BCUT2D eigenvalue weighted by Crippen LogP contribution is 2.21. The number of nitrogens with zero attached hydrogens (tertiary/aromatic N) is 1. The fourth-order valence-corrected chi connectivity index (χ4v) is 3.69. The van der Waals surface area contributed by atoms with E-state index >= 15 is 0 Å². The molecule has 0 aliphatic carbocycles. The minimum absolute atomic E-state index is 0.102. The van der Waals surface area contributed by atoms with Gasteiger partial charge in [0.15, 0.2) is 5.78 Å². The molecule has 0 spiro atoms. The molecule has 212 valence electrons. The van der Waals surface area contributed by atoms with E-state index in [2.05, 4.69) is 34.5 Å². The lowest BCUT2D eigenvalue weighted by Gasteiger charge is -2.18. The molecule has 1 amide bonds. The second-order valence-corrected chi connectivity index (χ2v) is 8.69. The molecule has 1 unspecified atom stereocenters. The molecule has 0 aromatic heterocycles. The van der Waals surface area contributed by atoms with Crippen LogP contribution in [0.4, 0.5) is 0 Å². The van der Waals surface area contributed by atoms with Gasteiger partial charge in [0.1, 0.15) is 5.78 Å². The number of aliphatic hydroxyl groups excluding tert-OH is 1. The minimum atomic E-state index is -0.505. The van der Waals surface area contributed by atoms with E-state index in [1.165, 1.54) is 31.5 Å². The van der Waals surface area contributed by atoms with Crippen molar-refractivity contribution >= 4 is 17.5 Å². The Hall–Kier alpha value is -2.87. The van der Waals surface area contributed by atoms with Crippen molar-refractivity contribution in [1.29, 1.82) is 0 Å². The molecular weight excluding hydrogens is 480 g/mol. The van der Waals surface area contributed by atoms with Gasteiger partial charge in [0.25, 0.3) is 0 Å². The number of rotatable bonds is 8. The van der Waals surface area contributed by atoms with Crippen LogP contribution >= 0.6 is 0 Å². The molecule has 2 aromatic rings. The van der Waals surface area contributed by atoms with Gasteiger partial charge in [-0.15, -0.1) is 0 Å². The van der Waals surface area contributed by atoms with Crippen LogP contribution in [-0.2, 0) is 20.7 Å². The first-order valence-electron chi connectivity index (χ1n) is 13.5. The quantitative estimate of drug-likeness (QED) is 0.377. The predicted molar refractivity (Wildman–Crippen MR) is 155 cm³/mol. The lowest BCUT2D eigenvalue weighted by molar-refractivity contribution is -0.131. The van der Waals surface area contributed by atoms with E-state index in [1.54, 1.807) is 13.8 Å². The first-order valence-corrected chi connectivity index (χ1v) is 13.5. The van der Waals surface area contributed by atoms with Gasteiger partial charge < -0.3 is 20.1 Å². The van der Waals surface area contributed by atoms with Gasteiger partial charge >= 0.3 is 0 Å². The maximum absolute atomic E-state index is 11.4. The highest BCUT2D eigenvalue weighted by molar-refractivity contribution is 5.99. The predicted octanol–water partition coefficient (Wildman–Crippen LogP) is 4.80. The molecule has 0 bridgehead atoms. The van der Waals surface area contributed by atoms with E-state index < -0.39 is 5.92 Å². The lowest BCUT2D eigenvalue weighted by atomic mass is 10.0. The molecule has 1 saturated heterocycles. The number of benzene rings is 2. The zero-order valence-electron chi connectivity index (χ0n) is 24.4. The summed E-state index contributed by atoms with van der Waals surface area (Å²) in [5, 5.41) is 9.39. The summed E-state index contributed by atoms with van der Waals surface area (Å²) >= 11 is 0. The molecule has 1 fully saturated rings. The third kappa shape index (κ3) is 13.6. The van der Waals surface area contributed by atoms with Crippen LogP contribution in [0.1, 0.15) is 63.4 Å². The number of aliphatic hydroxyl groups is 1. The number of carbonyl (C=O) groups excluding carboxylic acids is 3. The van der Waals surface area contributed by atoms with Gasteiger partial charge in [0.2, 0.25) is 5.91 Å². The zero-order valence-corrected chi connectivity index (χ0v) is 24.4. The largest absolute Gasteiger partial charge is 0.400 e. The van der Waals surface area contributed by atoms with Crippen molar-refractivity contribution in [2.24, 2.45) is 5.92 Å². The summed E-state index contributed by atoms with van der Waals surface area (Å²) in [6.45, 7) is 13.7. The van der Waals surface area contributed by atoms with Gasteiger partial charge in [-0.2, -0.15) is 0 Å². The molecule has 38 heavy (non-hydrogen) atoms. The number of carbonyl (C=O) groups is 3. The highest BCUT2D eigenvalue weighted by atomic mass is 16.5. The van der Waals surface area contributed by atoms with E-state index in [1.807, 2.05) is 38.1 Å². The molecule has 2 aromatic carbocycles. The Morgan fingerprint density at radius 2 is 1.47 bits per heavy atom. The van der Waals surface area contributed by atoms with Gasteiger partial charge in [-0.05, 0) is 63.3 Å². The monoisotopic (exact) mass is 528 g/mol. The normalized spacial score (nSPS) is 13.6. The van der Waals surface area contributed by atoms with Crippen molar-refractivity contribution in [3.63, 3.8) is 0 Å². The SMILES string of the molecule is CC.CC(=O)c1ccc(-c2ccc(CCCN3CCCOCC3)cc2)cc1.CNC(=O)C(C)C(C)=O.CO. The van der Waals surface area contributed by atoms with Crippen LogP contribution in [0.15, 0.2) is 48.5 Å². The average Bonchev–Trinajstić information content (AvgIpc) is 3.24. The fourth-order valence-electron chi connectivity index (χ4n) is 3.69. The molecule has 1 aliphatic heterocycles. The van der Waals surface area contributed by atoms with Gasteiger partial charge in [0.05, 0.1) is 12.5 Å². The number of hydrogen-bond donors (Lipinski definition) is 2. The summed E-state index contributed by atoms with van der Waals surface area (Å²) in [4.78, 5) is 35.0. The number of ketones is 2. The molecular formula is C31H48N2O5. The Bertz CT molecular complexity index is 918. The van der Waals surface area contributed by atoms with Crippen molar-refractivity contribution in [2.45, 2.75) is 53.9 Å². The van der Waals surface area contributed by atoms with E-state index in [0.717, 1.165) is 63.9 Å². The number of amides is 1. The van der Waals surface area contributed by atoms with Crippen LogP contribution in [0, 0.1) is 5.92 Å². The zero-order chi connectivity index (χ0) is 28.9. The van der Waals surface area contributed by atoms with Crippen LogP contribution in [-0.4, -0.2) is 74.5 Å². The van der Waals surface area contributed by atoms with Crippen molar-refractivity contribution < 1.29 is 24.2 Å². The molecule has 7 heteroatoms. The molecule has 1 aliphatic rings. The molecule has 0 radical (unpaired) electrons. The maximum Gasteiger partial charge on any atom is 0.230 e. The minimum Gasteiger partial charge on any atom is -0.400 e. The topological polar surface area (TPSA) is 95.9 Å². The smallest absolute Gasteiger partial charge is 0.230 e. The van der Waals surface area contributed by atoms with E-state index in [0.29, 0.717) is 0 Å². The first-order chi connectivity index (χ1) is 18.3. The van der Waals surface area contributed by atoms with E-state index in [-0.39, 0.29) is 17.5 Å². The van der Waals surface area contributed by atoms with Gasteiger partial charge in [-0.25, -0.2) is 0 Å². The maximum atomic E-state index is 11.4. The number of ether oxygens (including phenoxy) is 1. The Balaban J connectivity index is 0.000000891. The summed E-state index contributed by atoms with van der Waals surface area (Å²) in [6.07, 6.45) is 3.45. The van der Waals surface area contributed by atoms with Crippen LogP contribution in [0.25, 0.3) is 11.1 Å². The molecule has 2 N–H and O–H groups in total. The number of nitrogens with one attached hydrogen (secondary N) is 1. The van der Waals surface area contributed by atoms with Gasteiger partial charge in [0, 0.05) is 39.4 Å². The molecule has 0 saturated carbocycles. The third-order valence-corrected chi connectivity index (χ3v) is 6.08. The lowest BCUT2D eigenvalue weighted by Crippen LogP contribution is -2.29. The summed E-state index contributed by atoms with van der Waals surface area (Å²) in [5.74, 6) is -0.718. The Morgan fingerprint density at radius 3 is 1.95 bits per heavy atom. The summed E-state index contributed by atoms with van der Waals surface area (Å²) in [6, 6.07) is 16.6. The standard InChI is InChI=1S/C22H27NO2.C6H11NO2.C2H6.CH4O/c1-18(24)20-9-11-22(12-10-20)21-7-5-19(6-8-21)4-2-13-23-14-3-16-25-17-15-23;1-4(5(2)8)6(9)7-3;2*1-2/h5-12H,2-4,13-17H2,1H3;4H,1-3H3,(H,7,9);1-2H3;2H,1H3. The first kappa shape index (κ1) is 35.1. The van der Waals surface area contributed by atoms with Crippen LogP contribution in [0.5, 0.6) is 0 Å². The van der Waals surface area contributed by atoms with Crippen LogP contribution < -0.4 is 5.32 Å². The summed E-state index contributed by atoms with van der Waals surface area (Å²) in [5.41, 5.74) is 4.50. The van der Waals surface area contributed by atoms with Crippen molar-refractivity contribution in [3.05, 3.63) is 59.7 Å². The highest BCUT2D eigenvalue weighted by Gasteiger charge is 2.14. The Kier molecular flexibility index (Phi) is 19.5. The third-order valence-electron chi connectivity index (χ3n) is 6.08. The van der Waals surface area contributed by atoms with Crippen molar-refractivity contribution in [2.75, 3.05) is 47.0 Å². The van der Waals surface area contributed by atoms with Crippen LogP contribution in [0.3, 0.4) is 0 Å². The summed E-state index contributed by atoms with van der Waals surface area (Å²) in [7, 11) is 2.52. The molecule has 3 rings (SSSR count).